The van der Waals surface area contributed by atoms with E-state index in [1.54, 1.807) is 0 Å². The molecule has 0 saturated carbocycles. The molecule has 0 aromatic heterocycles. The summed E-state index contributed by atoms with van der Waals surface area (Å²) in [5.74, 6) is 1.13. The van der Waals surface area contributed by atoms with Gasteiger partial charge in [0.2, 0.25) is 0 Å². The van der Waals surface area contributed by atoms with Crippen LogP contribution in [0.5, 0.6) is 0 Å². The molecule has 0 aliphatic heterocycles. The molecule has 0 saturated heterocycles. The maximum absolute atomic E-state index is 5.21. The van der Waals surface area contributed by atoms with E-state index in [1.807, 2.05) is 18.8 Å². The average Bonchev–Trinajstić information content (AvgIpc) is 2.14. The van der Waals surface area contributed by atoms with Gasteiger partial charge in [0.15, 0.2) is 5.11 Å². The quantitative estimate of drug-likeness (QED) is 0.543. The van der Waals surface area contributed by atoms with E-state index >= 15 is 0 Å². The molecule has 0 unspecified atom stereocenters. The van der Waals surface area contributed by atoms with Crippen molar-refractivity contribution in [1.82, 2.24) is 10.2 Å². The van der Waals surface area contributed by atoms with Crippen molar-refractivity contribution in [1.29, 1.82) is 0 Å². The van der Waals surface area contributed by atoms with Gasteiger partial charge in [0.1, 0.15) is 0 Å². The lowest BCUT2D eigenvalue weighted by Gasteiger charge is -2.20. The van der Waals surface area contributed by atoms with Crippen LogP contribution in [0.15, 0.2) is 0 Å². The van der Waals surface area contributed by atoms with Crippen LogP contribution >= 0.6 is 24.0 Å². The molecule has 0 bridgehead atoms. The summed E-state index contributed by atoms with van der Waals surface area (Å²) >= 11 is 7.06. The lowest BCUT2D eigenvalue weighted by Crippen LogP contribution is -2.38. The molecule has 0 atom stereocenters. The summed E-state index contributed by atoms with van der Waals surface area (Å²) in [6, 6.07) is 0. The molecule has 0 aromatic carbocycles. The first-order chi connectivity index (χ1) is 6.22. The predicted molar refractivity (Wildman–Crippen MR) is 66.5 cm³/mol. The van der Waals surface area contributed by atoms with Gasteiger partial charge in [-0.3, -0.25) is 0 Å². The van der Waals surface area contributed by atoms with Crippen molar-refractivity contribution < 1.29 is 0 Å². The smallest absolute Gasteiger partial charge is 0.168 e. The molecule has 0 radical (unpaired) electrons. The van der Waals surface area contributed by atoms with Crippen LogP contribution < -0.4 is 5.32 Å². The van der Waals surface area contributed by atoms with E-state index in [0.29, 0.717) is 0 Å². The molecule has 1 N–H and O–H groups in total. The van der Waals surface area contributed by atoms with Crippen molar-refractivity contribution in [2.45, 2.75) is 19.8 Å². The van der Waals surface area contributed by atoms with Crippen LogP contribution in [0.4, 0.5) is 0 Å². The molecule has 13 heavy (non-hydrogen) atoms. The molecule has 0 amide bonds. The first-order valence-electron chi connectivity index (χ1n) is 4.70. The van der Waals surface area contributed by atoms with Crippen molar-refractivity contribution in [3.05, 3.63) is 0 Å². The number of thiocarbonyl (C=S) groups is 1. The molecule has 0 aromatic rings. The van der Waals surface area contributed by atoms with E-state index in [-0.39, 0.29) is 0 Å². The molecule has 78 valence electrons. The molecule has 0 aliphatic rings. The number of nitrogens with zero attached hydrogens (tertiary/aromatic N) is 1. The third kappa shape index (κ3) is 7.14. The van der Waals surface area contributed by atoms with Crippen LogP contribution in [0.2, 0.25) is 0 Å². The Morgan fingerprint density at radius 1 is 1.54 bits per heavy atom. The number of nitrogens with one attached hydrogen (secondary N) is 1. The Balaban J connectivity index is 3.45. The molecule has 0 spiro atoms. The molecule has 0 aliphatic carbocycles. The molecule has 0 fully saturated rings. The standard InChI is InChI=1S/C9H20N2S2/c1-4-5-6-10-9(12)11(2)7-8-13-3/h4-8H2,1-3H3,(H,10,12). The first kappa shape index (κ1) is 13.0. The molecule has 0 heterocycles. The topological polar surface area (TPSA) is 15.3 Å². The van der Waals surface area contributed by atoms with E-state index in [1.165, 1.54) is 12.8 Å². The van der Waals surface area contributed by atoms with Gasteiger partial charge < -0.3 is 10.2 Å². The Morgan fingerprint density at radius 3 is 2.77 bits per heavy atom. The van der Waals surface area contributed by atoms with Gasteiger partial charge in [0, 0.05) is 25.9 Å². The minimum Gasteiger partial charge on any atom is -0.363 e. The van der Waals surface area contributed by atoms with Crippen LogP contribution in [-0.4, -0.2) is 42.2 Å². The van der Waals surface area contributed by atoms with Gasteiger partial charge in [-0.15, -0.1) is 0 Å². The first-order valence-corrected chi connectivity index (χ1v) is 6.50. The fourth-order valence-corrected chi connectivity index (χ4v) is 1.49. The van der Waals surface area contributed by atoms with Crippen molar-refractivity contribution in [2.24, 2.45) is 0 Å². The van der Waals surface area contributed by atoms with Crippen LogP contribution in [0, 0.1) is 0 Å². The van der Waals surface area contributed by atoms with E-state index in [0.717, 1.165) is 24.0 Å². The van der Waals surface area contributed by atoms with Gasteiger partial charge in [0.25, 0.3) is 0 Å². The third-order valence-corrected chi connectivity index (χ3v) is 2.83. The predicted octanol–water partition coefficient (Wildman–Crippen LogP) is 1.96. The van der Waals surface area contributed by atoms with E-state index < -0.39 is 0 Å². The van der Waals surface area contributed by atoms with Gasteiger partial charge in [-0.05, 0) is 24.9 Å². The summed E-state index contributed by atoms with van der Waals surface area (Å²) in [6.45, 7) is 4.21. The second-order valence-corrected chi connectivity index (χ2v) is 4.37. The van der Waals surface area contributed by atoms with Crippen molar-refractivity contribution in [2.75, 3.05) is 32.1 Å². The zero-order valence-corrected chi connectivity index (χ0v) is 10.4. The number of hydrogen-bond acceptors (Lipinski definition) is 2. The summed E-state index contributed by atoms with van der Waals surface area (Å²) < 4.78 is 0. The monoisotopic (exact) mass is 220 g/mol. The maximum Gasteiger partial charge on any atom is 0.168 e. The molecule has 4 heteroatoms. The zero-order valence-electron chi connectivity index (χ0n) is 8.80. The second kappa shape index (κ2) is 8.63. The highest BCUT2D eigenvalue weighted by Crippen LogP contribution is 1.94. The van der Waals surface area contributed by atoms with Gasteiger partial charge in [-0.2, -0.15) is 11.8 Å². The fraction of sp³-hybridized carbons (Fsp3) is 0.889. The van der Waals surface area contributed by atoms with E-state index in [9.17, 15) is 0 Å². The molecular formula is C9H20N2S2. The Bertz CT molecular complexity index is 140. The Morgan fingerprint density at radius 2 is 2.23 bits per heavy atom. The fourth-order valence-electron chi connectivity index (χ4n) is 0.837. The Kier molecular flexibility index (Phi) is 8.66. The number of hydrogen-bond donors (Lipinski definition) is 1. The minimum absolute atomic E-state index is 0.877. The summed E-state index contributed by atoms with van der Waals surface area (Å²) in [7, 11) is 2.04. The zero-order chi connectivity index (χ0) is 10.1. The number of thioether (sulfide) groups is 1. The largest absolute Gasteiger partial charge is 0.363 e. The Labute approximate surface area is 91.5 Å². The van der Waals surface area contributed by atoms with Crippen molar-refractivity contribution >= 4 is 29.1 Å². The number of unbranched alkanes of at least 4 members (excludes halogenated alkanes) is 1. The summed E-state index contributed by atoms with van der Waals surface area (Å²) in [4.78, 5) is 2.10. The Hall–Kier alpha value is 0.0400. The van der Waals surface area contributed by atoms with Gasteiger partial charge in [-0.1, -0.05) is 13.3 Å². The summed E-state index contributed by atoms with van der Waals surface area (Å²) in [6.07, 6.45) is 4.52. The lowest BCUT2D eigenvalue weighted by molar-refractivity contribution is 0.524. The van der Waals surface area contributed by atoms with Gasteiger partial charge >= 0.3 is 0 Å². The second-order valence-electron chi connectivity index (χ2n) is 3.00. The third-order valence-electron chi connectivity index (χ3n) is 1.78. The summed E-state index contributed by atoms with van der Waals surface area (Å²) in [5, 5.41) is 4.12. The maximum atomic E-state index is 5.21. The van der Waals surface area contributed by atoms with E-state index in [2.05, 4.69) is 23.4 Å². The SMILES string of the molecule is CCCCNC(=S)N(C)CCSC. The van der Waals surface area contributed by atoms with Crippen molar-refractivity contribution in [3.8, 4) is 0 Å². The van der Waals surface area contributed by atoms with Crippen LogP contribution in [0.3, 0.4) is 0 Å². The normalized spacial score (nSPS) is 9.77. The van der Waals surface area contributed by atoms with Gasteiger partial charge in [-0.25, -0.2) is 0 Å². The van der Waals surface area contributed by atoms with Crippen LogP contribution in [0.1, 0.15) is 19.8 Å². The van der Waals surface area contributed by atoms with Crippen LogP contribution in [-0.2, 0) is 0 Å². The molecule has 2 nitrogen and oxygen atoms in total. The number of rotatable bonds is 6. The highest BCUT2D eigenvalue weighted by atomic mass is 32.2. The van der Waals surface area contributed by atoms with E-state index in [4.69, 9.17) is 12.2 Å². The van der Waals surface area contributed by atoms with Crippen LogP contribution in [0.25, 0.3) is 0 Å². The minimum atomic E-state index is 0.877. The highest BCUT2D eigenvalue weighted by molar-refractivity contribution is 7.98. The van der Waals surface area contributed by atoms with Gasteiger partial charge in [0.05, 0.1) is 0 Å². The molecular weight excluding hydrogens is 200 g/mol. The average molecular weight is 220 g/mol. The molecule has 0 rings (SSSR count). The lowest BCUT2D eigenvalue weighted by atomic mass is 10.3. The highest BCUT2D eigenvalue weighted by Gasteiger charge is 2.01. The van der Waals surface area contributed by atoms with Crippen molar-refractivity contribution in [3.63, 3.8) is 0 Å². The summed E-state index contributed by atoms with van der Waals surface area (Å²) in [5.41, 5.74) is 0.